The van der Waals surface area contributed by atoms with Crippen LogP contribution < -0.4 is 9.47 Å². The van der Waals surface area contributed by atoms with Crippen molar-refractivity contribution >= 4 is 12.1 Å². The van der Waals surface area contributed by atoms with Gasteiger partial charge >= 0.3 is 0 Å². The topological polar surface area (TPSA) is 52.6 Å². The molecule has 22 heavy (non-hydrogen) atoms. The van der Waals surface area contributed by atoms with E-state index in [1.807, 2.05) is 0 Å². The second-order valence-corrected chi connectivity index (χ2v) is 4.66. The molecule has 5 heteroatoms. The highest BCUT2D eigenvalue weighted by molar-refractivity contribution is 6.03. The summed E-state index contributed by atoms with van der Waals surface area (Å²) in [4.78, 5) is 23.1. The van der Waals surface area contributed by atoms with Crippen LogP contribution >= 0.6 is 0 Å². The van der Waals surface area contributed by atoms with Crippen LogP contribution in [-0.4, -0.2) is 26.3 Å². The molecular weight excluding hydrogens is 287 g/mol. The molecule has 0 amide bonds. The summed E-state index contributed by atoms with van der Waals surface area (Å²) < 4.78 is 24.0. The Bertz CT molecular complexity index is 738. The van der Waals surface area contributed by atoms with Crippen molar-refractivity contribution in [2.24, 2.45) is 0 Å². The number of ketones is 1. The van der Waals surface area contributed by atoms with Crippen LogP contribution in [0.5, 0.6) is 11.5 Å². The Labute approximate surface area is 127 Å². The molecule has 0 N–H and O–H groups in total. The first-order chi connectivity index (χ1) is 10.5. The molecule has 0 bridgehead atoms. The van der Waals surface area contributed by atoms with Crippen molar-refractivity contribution in [3.8, 4) is 22.6 Å². The Hall–Kier alpha value is -2.69. The van der Waals surface area contributed by atoms with Gasteiger partial charge in [0.2, 0.25) is 0 Å². The number of methoxy groups -OCH3 is 2. The zero-order valence-electron chi connectivity index (χ0n) is 12.5. The Morgan fingerprint density at radius 1 is 1.05 bits per heavy atom. The van der Waals surface area contributed by atoms with Gasteiger partial charge in [-0.15, -0.1) is 0 Å². The SMILES string of the molecule is COc1cc(C=O)c(-c2cc(F)ccc2C(C)=O)cc1OC. The van der Waals surface area contributed by atoms with Crippen LogP contribution in [-0.2, 0) is 0 Å². The average molecular weight is 302 g/mol. The summed E-state index contributed by atoms with van der Waals surface area (Å²) in [6.07, 6.45) is 0.631. The number of carbonyl (C=O) groups is 2. The third-order valence-corrected chi connectivity index (χ3v) is 3.33. The monoisotopic (exact) mass is 302 g/mol. The minimum absolute atomic E-state index is 0.221. The summed E-state index contributed by atoms with van der Waals surface area (Å²) in [6, 6.07) is 6.89. The maximum Gasteiger partial charge on any atom is 0.161 e. The van der Waals surface area contributed by atoms with Gasteiger partial charge in [0.05, 0.1) is 14.2 Å². The number of benzene rings is 2. The van der Waals surface area contributed by atoms with Gasteiger partial charge in [-0.2, -0.15) is 0 Å². The van der Waals surface area contributed by atoms with Gasteiger partial charge in [-0.1, -0.05) is 0 Å². The fourth-order valence-corrected chi connectivity index (χ4v) is 2.27. The standard InChI is InChI=1S/C17H15FO4/c1-10(20)13-5-4-12(18)7-15(13)14-8-17(22-3)16(21-2)6-11(14)9-19/h4-9H,1-3H3. The lowest BCUT2D eigenvalue weighted by Crippen LogP contribution is -2.01. The van der Waals surface area contributed by atoms with Gasteiger partial charge in [-0.25, -0.2) is 4.39 Å². The smallest absolute Gasteiger partial charge is 0.161 e. The highest BCUT2D eigenvalue weighted by Gasteiger charge is 2.17. The van der Waals surface area contributed by atoms with Crippen LogP contribution in [0.3, 0.4) is 0 Å². The molecule has 0 aliphatic rings. The fourth-order valence-electron chi connectivity index (χ4n) is 2.27. The van der Waals surface area contributed by atoms with E-state index in [9.17, 15) is 14.0 Å². The predicted octanol–water partition coefficient (Wildman–Crippen LogP) is 3.53. The summed E-state index contributed by atoms with van der Waals surface area (Å²) >= 11 is 0. The van der Waals surface area contributed by atoms with Crippen molar-refractivity contribution in [2.75, 3.05) is 14.2 Å². The molecule has 0 aromatic heterocycles. The zero-order chi connectivity index (χ0) is 16.3. The van der Waals surface area contributed by atoms with Crippen LogP contribution in [0.1, 0.15) is 27.6 Å². The highest BCUT2D eigenvalue weighted by Crippen LogP contribution is 2.36. The number of rotatable bonds is 5. The number of halogens is 1. The number of aldehydes is 1. The number of carbonyl (C=O) groups excluding carboxylic acids is 2. The van der Waals surface area contributed by atoms with Gasteiger partial charge in [0.15, 0.2) is 23.6 Å². The minimum Gasteiger partial charge on any atom is -0.493 e. The van der Waals surface area contributed by atoms with Gasteiger partial charge in [-0.3, -0.25) is 9.59 Å². The summed E-state index contributed by atoms with van der Waals surface area (Å²) in [6.45, 7) is 1.39. The molecule has 0 heterocycles. The van der Waals surface area contributed by atoms with Gasteiger partial charge in [0.25, 0.3) is 0 Å². The van der Waals surface area contributed by atoms with Crippen molar-refractivity contribution in [2.45, 2.75) is 6.92 Å². The van der Waals surface area contributed by atoms with E-state index in [4.69, 9.17) is 9.47 Å². The maximum absolute atomic E-state index is 13.6. The van der Waals surface area contributed by atoms with Crippen LogP contribution in [0.4, 0.5) is 4.39 Å². The lowest BCUT2D eigenvalue weighted by molar-refractivity contribution is 0.101. The van der Waals surface area contributed by atoms with E-state index < -0.39 is 5.82 Å². The van der Waals surface area contributed by atoms with E-state index in [0.717, 1.165) is 0 Å². The van der Waals surface area contributed by atoms with E-state index in [-0.39, 0.29) is 11.3 Å². The lowest BCUT2D eigenvalue weighted by Gasteiger charge is -2.14. The third kappa shape index (κ3) is 2.83. The predicted molar refractivity (Wildman–Crippen MR) is 80.3 cm³/mol. The normalized spacial score (nSPS) is 10.2. The van der Waals surface area contributed by atoms with E-state index in [1.165, 1.54) is 45.4 Å². The molecule has 4 nitrogen and oxygen atoms in total. The van der Waals surface area contributed by atoms with Gasteiger partial charge < -0.3 is 9.47 Å². The van der Waals surface area contributed by atoms with E-state index in [0.29, 0.717) is 34.5 Å². The largest absolute Gasteiger partial charge is 0.493 e. The molecule has 2 aromatic carbocycles. The Kier molecular flexibility index (Phi) is 4.56. The summed E-state index contributed by atoms with van der Waals surface area (Å²) in [7, 11) is 2.91. The van der Waals surface area contributed by atoms with Crippen LogP contribution in [0, 0.1) is 5.82 Å². The summed E-state index contributed by atoms with van der Waals surface area (Å²) in [5.74, 6) is 0.0595. The Morgan fingerprint density at radius 3 is 2.23 bits per heavy atom. The quantitative estimate of drug-likeness (QED) is 0.626. The maximum atomic E-state index is 13.6. The molecule has 0 atom stereocenters. The fraction of sp³-hybridized carbons (Fsp3) is 0.176. The molecule has 0 aliphatic carbocycles. The van der Waals surface area contributed by atoms with Gasteiger partial charge in [0.1, 0.15) is 5.82 Å². The van der Waals surface area contributed by atoms with Crippen molar-refractivity contribution in [3.63, 3.8) is 0 Å². The first-order valence-electron chi connectivity index (χ1n) is 6.53. The summed E-state index contributed by atoms with van der Waals surface area (Å²) in [5, 5.41) is 0. The molecule has 0 radical (unpaired) electrons. The van der Waals surface area contributed by atoms with Crippen molar-refractivity contribution in [3.05, 3.63) is 47.3 Å². The first kappa shape index (κ1) is 15.7. The lowest BCUT2D eigenvalue weighted by atomic mass is 9.93. The third-order valence-electron chi connectivity index (χ3n) is 3.33. The average Bonchev–Trinajstić information content (AvgIpc) is 2.52. The molecule has 0 spiro atoms. The number of hydrogen-bond donors (Lipinski definition) is 0. The Morgan fingerprint density at radius 2 is 1.68 bits per heavy atom. The molecule has 0 fully saturated rings. The zero-order valence-corrected chi connectivity index (χ0v) is 12.5. The molecule has 2 aromatic rings. The number of ether oxygens (including phenoxy) is 2. The van der Waals surface area contributed by atoms with E-state index in [2.05, 4.69) is 0 Å². The van der Waals surface area contributed by atoms with E-state index >= 15 is 0 Å². The molecule has 0 unspecified atom stereocenters. The molecular formula is C17H15FO4. The second-order valence-electron chi connectivity index (χ2n) is 4.66. The van der Waals surface area contributed by atoms with Crippen LogP contribution in [0.25, 0.3) is 11.1 Å². The molecule has 114 valence electrons. The molecule has 2 rings (SSSR count). The minimum atomic E-state index is -0.494. The number of hydrogen-bond acceptors (Lipinski definition) is 4. The van der Waals surface area contributed by atoms with Crippen LogP contribution in [0.2, 0.25) is 0 Å². The van der Waals surface area contributed by atoms with Crippen LogP contribution in [0.15, 0.2) is 30.3 Å². The first-order valence-corrected chi connectivity index (χ1v) is 6.53. The second kappa shape index (κ2) is 6.39. The highest BCUT2D eigenvalue weighted by atomic mass is 19.1. The molecule has 0 saturated carbocycles. The van der Waals surface area contributed by atoms with E-state index in [1.54, 1.807) is 6.07 Å². The van der Waals surface area contributed by atoms with Gasteiger partial charge in [0, 0.05) is 11.1 Å². The molecule has 0 aliphatic heterocycles. The summed E-state index contributed by atoms with van der Waals surface area (Å²) in [5.41, 5.74) is 1.37. The number of Topliss-reactive ketones (excluding diaryl/α,β-unsaturated/α-hetero) is 1. The molecule has 0 saturated heterocycles. The van der Waals surface area contributed by atoms with Gasteiger partial charge in [-0.05, 0) is 48.4 Å². The Balaban J connectivity index is 2.79. The van der Waals surface area contributed by atoms with Crippen molar-refractivity contribution < 1.29 is 23.5 Å². The van der Waals surface area contributed by atoms with Crippen molar-refractivity contribution in [1.29, 1.82) is 0 Å². The van der Waals surface area contributed by atoms with Crippen molar-refractivity contribution in [1.82, 2.24) is 0 Å².